The lowest BCUT2D eigenvalue weighted by molar-refractivity contribution is -0.116. The second-order valence-corrected chi connectivity index (χ2v) is 5.87. The maximum atomic E-state index is 12.7. The van der Waals surface area contributed by atoms with Crippen molar-refractivity contribution in [1.29, 1.82) is 0 Å². The van der Waals surface area contributed by atoms with Crippen LogP contribution < -0.4 is 10.9 Å². The quantitative estimate of drug-likeness (QED) is 0.776. The van der Waals surface area contributed by atoms with Gasteiger partial charge in [-0.05, 0) is 49.7 Å². The molecule has 25 heavy (non-hydrogen) atoms. The molecule has 0 fully saturated rings. The van der Waals surface area contributed by atoms with Crippen molar-refractivity contribution < 1.29 is 4.79 Å². The third kappa shape index (κ3) is 3.57. The molecule has 0 aliphatic rings. The Labute approximate surface area is 145 Å². The van der Waals surface area contributed by atoms with Crippen LogP contribution >= 0.6 is 0 Å². The van der Waals surface area contributed by atoms with Crippen molar-refractivity contribution >= 4 is 22.6 Å². The average Bonchev–Trinajstić information content (AvgIpc) is 2.61. The number of benzene rings is 1. The summed E-state index contributed by atoms with van der Waals surface area (Å²) in [6, 6.07) is 10.6. The Morgan fingerprint density at radius 2 is 1.96 bits per heavy atom. The Morgan fingerprint density at radius 1 is 1.20 bits per heavy atom. The first-order valence-electron chi connectivity index (χ1n) is 8.35. The monoisotopic (exact) mass is 336 g/mol. The van der Waals surface area contributed by atoms with Gasteiger partial charge in [-0.25, -0.2) is 9.97 Å². The second-order valence-electron chi connectivity index (χ2n) is 5.87. The van der Waals surface area contributed by atoms with Gasteiger partial charge in [-0.1, -0.05) is 13.3 Å². The van der Waals surface area contributed by atoms with Crippen LogP contribution in [0.2, 0.25) is 0 Å². The lowest BCUT2D eigenvalue weighted by atomic mass is 10.2. The summed E-state index contributed by atoms with van der Waals surface area (Å²) >= 11 is 0. The third-order valence-electron chi connectivity index (χ3n) is 3.98. The Bertz CT molecular complexity index is 961. The van der Waals surface area contributed by atoms with Gasteiger partial charge in [-0.15, -0.1) is 0 Å². The third-order valence-corrected chi connectivity index (χ3v) is 3.98. The van der Waals surface area contributed by atoms with E-state index in [2.05, 4.69) is 22.2 Å². The molecule has 3 aromatic rings. The molecule has 0 saturated carbocycles. The molecule has 0 bridgehead atoms. The predicted molar refractivity (Wildman–Crippen MR) is 98.0 cm³/mol. The van der Waals surface area contributed by atoms with Crippen molar-refractivity contribution in [3.63, 3.8) is 0 Å². The highest BCUT2D eigenvalue weighted by molar-refractivity contribution is 5.90. The minimum absolute atomic E-state index is 0.00129. The van der Waals surface area contributed by atoms with Crippen molar-refractivity contribution in [2.24, 2.45) is 0 Å². The van der Waals surface area contributed by atoms with Crippen molar-refractivity contribution in [2.75, 3.05) is 5.32 Å². The van der Waals surface area contributed by atoms with Crippen LogP contribution in [0.4, 0.5) is 5.69 Å². The van der Waals surface area contributed by atoms with Gasteiger partial charge < -0.3 is 5.32 Å². The van der Waals surface area contributed by atoms with Crippen LogP contribution in [0.15, 0.2) is 47.4 Å². The maximum absolute atomic E-state index is 12.7. The first-order valence-corrected chi connectivity index (χ1v) is 8.35. The summed E-state index contributed by atoms with van der Waals surface area (Å²) in [7, 11) is 0. The molecule has 2 aromatic heterocycles. The van der Waals surface area contributed by atoms with Gasteiger partial charge in [0.05, 0.1) is 11.1 Å². The summed E-state index contributed by atoms with van der Waals surface area (Å²) < 4.78 is 1.55. The van der Waals surface area contributed by atoms with E-state index in [1.165, 1.54) is 0 Å². The number of nitrogens with zero attached hydrogens (tertiary/aromatic N) is 3. The highest BCUT2D eigenvalue weighted by atomic mass is 16.1. The number of fused-ring (bicyclic) bond motifs is 1. The fraction of sp³-hybridized carbons (Fsp3) is 0.263. The summed E-state index contributed by atoms with van der Waals surface area (Å²) in [5, 5.41) is 3.34. The normalized spacial score (nSPS) is 10.8. The summed E-state index contributed by atoms with van der Waals surface area (Å²) in [6.45, 7) is 3.82. The van der Waals surface area contributed by atoms with Crippen LogP contribution in [0.1, 0.15) is 32.0 Å². The van der Waals surface area contributed by atoms with Crippen LogP contribution in [0, 0.1) is 6.92 Å². The molecule has 0 aliphatic heterocycles. The zero-order valence-corrected chi connectivity index (χ0v) is 14.3. The molecule has 128 valence electrons. The minimum Gasteiger partial charge on any atom is -0.326 e. The number of anilines is 1. The fourth-order valence-corrected chi connectivity index (χ4v) is 2.68. The number of carbonyl (C=O) groups excluding carboxylic acids is 1. The Balaban J connectivity index is 1.91. The van der Waals surface area contributed by atoms with Crippen molar-refractivity contribution in [3.8, 4) is 5.69 Å². The molecular weight excluding hydrogens is 316 g/mol. The Hall–Kier alpha value is -3.02. The van der Waals surface area contributed by atoms with Gasteiger partial charge in [0, 0.05) is 18.3 Å². The molecular formula is C19H20N4O2. The SMILES string of the molecule is CCCCC(=O)Nc1ccc(-n2c(C)nc3ncccc3c2=O)cc1. The molecule has 1 N–H and O–H groups in total. The van der Waals surface area contributed by atoms with Crippen LogP contribution in [0.5, 0.6) is 0 Å². The second kappa shape index (κ2) is 7.25. The number of hydrogen-bond acceptors (Lipinski definition) is 4. The Kier molecular flexibility index (Phi) is 4.88. The van der Waals surface area contributed by atoms with Gasteiger partial charge in [0.1, 0.15) is 5.82 Å². The summed E-state index contributed by atoms with van der Waals surface area (Å²) in [5.74, 6) is 0.567. The van der Waals surface area contributed by atoms with Gasteiger partial charge in [0.2, 0.25) is 5.91 Å². The lowest BCUT2D eigenvalue weighted by Crippen LogP contribution is -2.22. The van der Waals surface area contributed by atoms with E-state index in [-0.39, 0.29) is 11.5 Å². The van der Waals surface area contributed by atoms with Gasteiger partial charge in [0.15, 0.2) is 5.65 Å². The maximum Gasteiger partial charge on any atom is 0.267 e. The minimum atomic E-state index is -0.157. The van der Waals surface area contributed by atoms with E-state index in [0.29, 0.717) is 34.7 Å². The van der Waals surface area contributed by atoms with E-state index in [1.807, 2.05) is 0 Å². The van der Waals surface area contributed by atoms with Crippen molar-refractivity contribution in [2.45, 2.75) is 33.1 Å². The topological polar surface area (TPSA) is 76.9 Å². The number of hydrogen-bond donors (Lipinski definition) is 1. The molecule has 0 saturated heterocycles. The Morgan fingerprint density at radius 3 is 2.68 bits per heavy atom. The van der Waals surface area contributed by atoms with Gasteiger partial charge in [0.25, 0.3) is 5.56 Å². The molecule has 3 rings (SSSR count). The summed E-state index contributed by atoms with van der Waals surface area (Å²) in [5.41, 5.74) is 1.70. The van der Waals surface area contributed by atoms with Gasteiger partial charge >= 0.3 is 0 Å². The highest BCUT2D eigenvalue weighted by Crippen LogP contribution is 2.15. The zero-order valence-electron chi connectivity index (χ0n) is 14.3. The first kappa shape index (κ1) is 16.8. The molecule has 0 atom stereocenters. The molecule has 0 unspecified atom stereocenters. The van der Waals surface area contributed by atoms with Crippen LogP contribution in [0.25, 0.3) is 16.7 Å². The van der Waals surface area contributed by atoms with E-state index in [9.17, 15) is 9.59 Å². The summed E-state index contributed by atoms with van der Waals surface area (Å²) in [4.78, 5) is 33.1. The van der Waals surface area contributed by atoms with E-state index < -0.39 is 0 Å². The number of aryl methyl sites for hydroxylation is 1. The predicted octanol–water partition coefficient (Wildman–Crippen LogP) is 3.22. The van der Waals surface area contributed by atoms with E-state index in [0.717, 1.165) is 12.8 Å². The largest absolute Gasteiger partial charge is 0.326 e. The molecule has 6 nitrogen and oxygen atoms in total. The highest BCUT2D eigenvalue weighted by Gasteiger charge is 2.10. The molecule has 6 heteroatoms. The zero-order chi connectivity index (χ0) is 17.8. The number of amides is 1. The van der Waals surface area contributed by atoms with Crippen LogP contribution in [-0.4, -0.2) is 20.4 Å². The number of rotatable bonds is 5. The average molecular weight is 336 g/mol. The summed E-state index contributed by atoms with van der Waals surface area (Å²) in [6.07, 6.45) is 3.99. The van der Waals surface area contributed by atoms with E-state index in [1.54, 1.807) is 54.1 Å². The van der Waals surface area contributed by atoms with E-state index >= 15 is 0 Å². The molecule has 2 heterocycles. The lowest BCUT2D eigenvalue weighted by Gasteiger charge is -2.11. The number of carbonyl (C=O) groups is 1. The molecule has 0 spiro atoms. The number of aromatic nitrogens is 3. The molecule has 1 amide bonds. The molecule has 0 aliphatic carbocycles. The fourth-order valence-electron chi connectivity index (χ4n) is 2.68. The van der Waals surface area contributed by atoms with Crippen LogP contribution in [0.3, 0.4) is 0 Å². The van der Waals surface area contributed by atoms with Crippen LogP contribution in [-0.2, 0) is 4.79 Å². The molecule has 1 aromatic carbocycles. The number of pyridine rings is 1. The smallest absolute Gasteiger partial charge is 0.267 e. The first-order chi connectivity index (χ1) is 12.1. The van der Waals surface area contributed by atoms with Crippen molar-refractivity contribution in [1.82, 2.24) is 14.5 Å². The number of unbranched alkanes of at least 4 members (excludes halogenated alkanes) is 1. The number of nitrogens with one attached hydrogen (secondary N) is 1. The van der Waals surface area contributed by atoms with Gasteiger partial charge in [-0.3, -0.25) is 14.2 Å². The van der Waals surface area contributed by atoms with Gasteiger partial charge in [-0.2, -0.15) is 0 Å². The molecule has 0 radical (unpaired) electrons. The standard InChI is InChI=1S/C19H20N4O2/c1-3-4-7-17(24)22-14-8-10-15(11-9-14)23-13(2)21-18-16(19(23)25)6-5-12-20-18/h5-6,8-12H,3-4,7H2,1-2H3,(H,22,24). The van der Waals surface area contributed by atoms with E-state index in [4.69, 9.17) is 0 Å². The van der Waals surface area contributed by atoms with Crippen molar-refractivity contribution in [3.05, 3.63) is 58.8 Å².